The molecule has 0 aliphatic heterocycles. The van der Waals surface area contributed by atoms with E-state index in [1.165, 1.54) is 12.1 Å². The van der Waals surface area contributed by atoms with Crippen molar-refractivity contribution in [1.29, 1.82) is 0 Å². The number of benzene rings is 1. The molecule has 0 aromatic heterocycles. The van der Waals surface area contributed by atoms with Gasteiger partial charge < -0.3 is 25.2 Å². The first kappa shape index (κ1) is 25.7. The normalized spacial score (nSPS) is 12.9. The van der Waals surface area contributed by atoms with Gasteiger partial charge >= 0.3 is 6.36 Å². The third-order valence-electron chi connectivity index (χ3n) is 3.23. The zero-order valence-electron chi connectivity index (χ0n) is 15.4. The van der Waals surface area contributed by atoms with Gasteiger partial charge in [0.05, 0.1) is 12.6 Å². The molecule has 1 atom stereocenters. The molecule has 1 aromatic rings. The number of nitrogens with one attached hydrogen (secondary N) is 2. The first-order chi connectivity index (χ1) is 12.4. The Balaban J connectivity index is 0.00000676. The number of nitrogens with zero attached hydrogens (tertiary/aromatic N) is 1. The van der Waals surface area contributed by atoms with Crippen molar-refractivity contribution >= 4 is 29.9 Å². The van der Waals surface area contributed by atoms with Crippen LogP contribution in [0.5, 0.6) is 5.75 Å². The lowest BCUT2D eigenvalue weighted by atomic mass is 10.1. The second-order valence-electron chi connectivity index (χ2n) is 5.33. The van der Waals surface area contributed by atoms with E-state index in [4.69, 9.17) is 4.74 Å². The van der Waals surface area contributed by atoms with E-state index in [2.05, 4.69) is 20.4 Å². The number of aliphatic imine (C=N–C) groups is 1. The van der Waals surface area contributed by atoms with Gasteiger partial charge in [-0.1, -0.05) is 12.1 Å². The highest BCUT2D eigenvalue weighted by molar-refractivity contribution is 14.0. The van der Waals surface area contributed by atoms with Crippen molar-refractivity contribution in [3.8, 4) is 5.75 Å². The molecule has 6 nitrogen and oxygen atoms in total. The summed E-state index contributed by atoms with van der Waals surface area (Å²) in [7, 11) is 0. The van der Waals surface area contributed by atoms with E-state index in [1.54, 1.807) is 0 Å². The second kappa shape index (κ2) is 13.8. The van der Waals surface area contributed by atoms with E-state index in [-0.39, 0.29) is 36.3 Å². The first-order valence-corrected chi connectivity index (χ1v) is 8.49. The Bertz CT molecular complexity index is 542. The highest BCUT2D eigenvalue weighted by Gasteiger charge is 2.31. The molecule has 0 saturated heterocycles. The van der Waals surface area contributed by atoms with E-state index in [0.717, 1.165) is 18.6 Å². The molecule has 10 heteroatoms. The van der Waals surface area contributed by atoms with Crippen molar-refractivity contribution < 1.29 is 27.8 Å². The fourth-order valence-corrected chi connectivity index (χ4v) is 2.04. The number of guanidine groups is 1. The summed E-state index contributed by atoms with van der Waals surface area (Å²) in [6.07, 6.45) is -4.85. The van der Waals surface area contributed by atoms with Crippen LogP contribution in [0.15, 0.2) is 29.3 Å². The number of hydrogen-bond donors (Lipinski definition) is 3. The Hall–Kier alpha value is -1.27. The third-order valence-corrected chi connectivity index (χ3v) is 3.23. The summed E-state index contributed by atoms with van der Waals surface area (Å²) in [5.41, 5.74) is 0.454. The van der Waals surface area contributed by atoms with Gasteiger partial charge in [-0.05, 0) is 38.0 Å². The van der Waals surface area contributed by atoms with Crippen molar-refractivity contribution in [3.63, 3.8) is 0 Å². The molecule has 0 amide bonds. The zero-order chi connectivity index (χ0) is 19.4. The summed E-state index contributed by atoms with van der Waals surface area (Å²) in [5, 5.41) is 16.3. The average Bonchev–Trinajstić information content (AvgIpc) is 2.58. The maximum atomic E-state index is 12.1. The molecule has 0 bridgehead atoms. The Morgan fingerprint density at radius 3 is 2.41 bits per heavy atom. The van der Waals surface area contributed by atoms with Gasteiger partial charge in [-0.15, -0.1) is 37.1 Å². The number of ether oxygens (including phenoxy) is 2. The number of rotatable bonds is 10. The molecule has 0 saturated carbocycles. The van der Waals surface area contributed by atoms with Crippen LogP contribution < -0.4 is 15.4 Å². The van der Waals surface area contributed by atoms with Gasteiger partial charge in [0.15, 0.2) is 5.96 Å². The van der Waals surface area contributed by atoms with Gasteiger partial charge in [0, 0.05) is 26.3 Å². The fraction of sp³-hybridized carbons (Fsp3) is 0.588. The molecular formula is C17H27F3IN3O3. The zero-order valence-corrected chi connectivity index (χ0v) is 17.7. The Morgan fingerprint density at radius 1 is 1.19 bits per heavy atom. The van der Waals surface area contributed by atoms with Crippen LogP contribution in [-0.4, -0.2) is 50.3 Å². The SMILES string of the molecule is CCNC(=NCC(O)c1ccc(OC(F)(F)F)cc1)NCCCOCC.I. The van der Waals surface area contributed by atoms with Crippen molar-refractivity contribution in [1.82, 2.24) is 10.6 Å². The molecule has 1 aromatic carbocycles. The molecule has 0 radical (unpaired) electrons. The van der Waals surface area contributed by atoms with Gasteiger partial charge in [0.1, 0.15) is 5.75 Å². The fourth-order valence-electron chi connectivity index (χ4n) is 2.04. The van der Waals surface area contributed by atoms with Crippen LogP contribution in [0.3, 0.4) is 0 Å². The Morgan fingerprint density at radius 2 is 1.85 bits per heavy atom. The monoisotopic (exact) mass is 505 g/mol. The lowest BCUT2D eigenvalue weighted by Crippen LogP contribution is -2.38. The minimum absolute atomic E-state index is 0. The topological polar surface area (TPSA) is 75.1 Å². The van der Waals surface area contributed by atoms with Crippen molar-refractivity contribution in [2.75, 3.05) is 32.8 Å². The van der Waals surface area contributed by atoms with Crippen LogP contribution in [0.25, 0.3) is 0 Å². The van der Waals surface area contributed by atoms with Crippen molar-refractivity contribution in [2.45, 2.75) is 32.7 Å². The Labute approximate surface area is 174 Å². The van der Waals surface area contributed by atoms with E-state index in [9.17, 15) is 18.3 Å². The summed E-state index contributed by atoms with van der Waals surface area (Å²) < 4.78 is 45.5. The third kappa shape index (κ3) is 11.9. The number of hydrogen-bond acceptors (Lipinski definition) is 4. The van der Waals surface area contributed by atoms with E-state index >= 15 is 0 Å². The molecule has 0 aliphatic rings. The molecule has 1 unspecified atom stereocenters. The molecule has 0 heterocycles. The van der Waals surface area contributed by atoms with Gasteiger partial charge in [-0.2, -0.15) is 0 Å². The first-order valence-electron chi connectivity index (χ1n) is 8.49. The molecular weight excluding hydrogens is 478 g/mol. The van der Waals surface area contributed by atoms with Gasteiger partial charge in [-0.3, -0.25) is 4.99 Å². The predicted molar refractivity (Wildman–Crippen MR) is 109 cm³/mol. The predicted octanol–water partition coefficient (Wildman–Crippen LogP) is 3.22. The molecule has 156 valence electrons. The van der Waals surface area contributed by atoms with Crippen LogP contribution >= 0.6 is 24.0 Å². The van der Waals surface area contributed by atoms with Crippen LogP contribution in [0.1, 0.15) is 31.9 Å². The highest BCUT2D eigenvalue weighted by Crippen LogP contribution is 2.24. The number of halogens is 4. The highest BCUT2D eigenvalue weighted by atomic mass is 127. The molecule has 0 aliphatic carbocycles. The summed E-state index contributed by atoms with van der Waals surface area (Å²) in [4.78, 5) is 4.28. The largest absolute Gasteiger partial charge is 0.573 e. The summed E-state index contributed by atoms with van der Waals surface area (Å²) >= 11 is 0. The van der Waals surface area contributed by atoms with Crippen LogP contribution in [0.2, 0.25) is 0 Å². The molecule has 1 rings (SSSR count). The van der Waals surface area contributed by atoms with E-state index in [0.29, 0.717) is 37.8 Å². The van der Waals surface area contributed by atoms with Crippen LogP contribution in [0, 0.1) is 0 Å². The lowest BCUT2D eigenvalue weighted by Gasteiger charge is -2.14. The lowest BCUT2D eigenvalue weighted by molar-refractivity contribution is -0.274. The smallest absolute Gasteiger partial charge is 0.406 e. The molecule has 0 fully saturated rings. The van der Waals surface area contributed by atoms with Gasteiger partial charge in [0.2, 0.25) is 0 Å². The summed E-state index contributed by atoms with van der Waals surface area (Å²) in [6.45, 7) is 6.59. The molecule has 0 spiro atoms. The maximum absolute atomic E-state index is 12.1. The average molecular weight is 505 g/mol. The number of alkyl halides is 3. The summed E-state index contributed by atoms with van der Waals surface area (Å²) in [6, 6.07) is 5.08. The minimum atomic E-state index is -4.74. The maximum Gasteiger partial charge on any atom is 0.573 e. The summed E-state index contributed by atoms with van der Waals surface area (Å²) in [5.74, 6) is 0.223. The van der Waals surface area contributed by atoms with E-state index < -0.39 is 12.5 Å². The minimum Gasteiger partial charge on any atom is -0.406 e. The molecule has 3 N–H and O–H groups in total. The van der Waals surface area contributed by atoms with Gasteiger partial charge in [0.25, 0.3) is 0 Å². The van der Waals surface area contributed by atoms with Gasteiger partial charge in [-0.25, -0.2) is 0 Å². The van der Waals surface area contributed by atoms with Crippen LogP contribution in [-0.2, 0) is 4.74 Å². The number of aliphatic hydroxyl groups excluding tert-OH is 1. The second-order valence-corrected chi connectivity index (χ2v) is 5.33. The number of aliphatic hydroxyl groups is 1. The quantitative estimate of drug-likeness (QED) is 0.197. The molecule has 27 heavy (non-hydrogen) atoms. The van der Waals surface area contributed by atoms with Crippen molar-refractivity contribution in [3.05, 3.63) is 29.8 Å². The van der Waals surface area contributed by atoms with E-state index in [1.807, 2.05) is 13.8 Å². The standard InChI is InChI=1S/C17H26F3N3O3.HI/c1-3-21-16(22-10-5-11-25-4-2)23-12-15(24)13-6-8-14(9-7-13)26-17(18,19)20;/h6-9,15,24H,3-5,10-12H2,1-2H3,(H2,21,22,23);1H. The Kier molecular flexibility index (Phi) is 13.2. The van der Waals surface area contributed by atoms with Crippen molar-refractivity contribution in [2.24, 2.45) is 4.99 Å². The van der Waals surface area contributed by atoms with Crippen LogP contribution in [0.4, 0.5) is 13.2 Å².